The van der Waals surface area contributed by atoms with Gasteiger partial charge in [0.15, 0.2) is 0 Å². The molecule has 43 heavy (non-hydrogen) atoms. The van der Waals surface area contributed by atoms with Crippen LogP contribution in [0.5, 0.6) is 0 Å². The van der Waals surface area contributed by atoms with Crippen molar-refractivity contribution in [3.63, 3.8) is 0 Å². The minimum atomic E-state index is -4.58. The summed E-state index contributed by atoms with van der Waals surface area (Å²) in [5, 5.41) is 8.38. The van der Waals surface area contributed by atoms with Crippen molar-refractivity contribution in [1.29, 1.82) is 0 Å². The number of fused-ring (bicyclic) bond motifs is 1. The number of halogens is 3. The summed E-state index contributed by atoms with van der Waals surface area (Å²) in [4.78, 5) is 21.6. The summed E-state index contributed by atoms with van der Waals surface area (Å²) < 4.78 is 50.6. The van der Waals surface area contributed by atoms with E-state index < -0.39 is 17.6 Å². The molecular weight excluding hydrogens is 557 g/mol. The van der Waals surface area contributed by atoms with Gasteiger partial charge in [0.05, 0.1) is 24.8 Å². The van der Waals surface area contributed by atoms with Crippen molar-refractivity contribution in [3.05, 3.63) is 76.4 Å². The van der Waals surface area contributed by atoms with Crippen LogP contribution in [0, 0.1) is 5.41 Å². The van der Waals surface area contributed by atoms with E-state index in [9.17, 15) is 18.0 Å². The number of anilines is 1. The second kappa shape index (κ2) is 10.9. The zero-order chi connectivity index (χ0) is 30.6. The van der Waals surface area contributed by atoms with Crippen molar-refractivity contribution >= 4 is 17.8 Å². The van der Waals surface area contributed by atoms with Crippen molar-refractivity contribution in [1.82, 2.24) is 19.7 Å². The monoisotopic (exact) mass is 594 g/mol. The summed E-state index contributed by atoms with van der Waals surface area (Å²) in [6, 6.07) is 10.6. The van der Waals surface area contributed by atoms with E-state index in [1.165, 1.54) is 11.0 Å². The molecular formula is C32H37F3N6O2. The number of rotatable bonds is 7. The molecule has 0 radical (unpaired) electrons. The number of ether oxygens (including phenoxy) is 1. The van der Waals surface area contributed by atoms with E-state index in [1.807, 2.05) is 43.0 Å². The standard InChI is InChI=1S/C32H37F3N6O2/c1-21-14-40(8-9-43-21)15-22-10-25-26(27(11-22)32(33,34)35)16-41(29(25)42)24-7-5-6-23(12-24)31(13-28-38-37-20-39(28)4)17-30(2,18-31)19-36-3/h5-7,10-12,19-21H,8-9,13-18H2,1-4H3/b36-19-/t21-,30-,31+/m1/s1. The van der Waals surface area contributed by atoms with E-state index in [1.54, 1.807) is 25.5 Å². The Morgan fingerprint density at radius 3 is 2.67 bits per heavy atom. The van der Waals surface area contributed by atoms with Crippen molar-refractivity contribution in [3.8, 4) is 0 Å². The highest BCUT2D eigenvalue weighted by molar-refractivity contribution is 6.10. The lowest BCUT2D eigenvalue weighted by molar-refractivity contribution is -0.138. The smallest absolute Gasteiger partial charge is 0.376 e. The number of carbonyl (C=O) groups is 1. The SMILES string of the molecule is C/N=C\[C@]1(C)C[C@](Cc2nncn2C)(c2cccc(N3Cc4c(cc(CN5CCO[C@H](C)C5)cc4C(F)(F)F)C3=O)c2)C1. The van der Waals surface area contributed by atoms with Crippen molar-refractivity contribution in [2.45, 2.75) is 63.9 Å². The van der Waals surface area contributed by atoms with E-state index in [-0.39, 0.29) is 34.6 Å². The first-order valence-corrected chi connectivity index (χ1v) is 14.7. The van der Waals surface area contributed by atoms with Gasteiger partial charge in [-0.2, -0.15) is 13.2 Å². The Morgan fingerprint density at radius 2 is 2.00 bits per heavy atom. The highest BCUT2D eigenvalue weighted by atomic mass is 19.4. The number of aromatic nitrogens is 3. The number of morpholine rings is 1. The molecule has 1 atom stereocenters. The fourth-order valence-electron chi connectivity index (χ4n) is 7.42. The van der Waals surface area contributed by atoms with Gasteiger partial charge < -0.3 is 19.2 Å². The number of carbonyl (C=O) groups excluding carboxylic acids is 1. The predicted octanol–water partition coefficient (Wildman–Crippen LogP) is 5.20. The van der Waals surface area contributed by atoms with Crippen LogP contribution in [0.3, 0.4) is 0 Å². The molecule has 1 saturated heterocycles. The molecule has 2 aliphatic heterocycles. The molecule has 0 spiro atoms. The van der Waals surface area contributed by atoms with Gasteiger partial charge in [-0.15, -0.1) is 10.2 Å². The molecule has 2 fully saturated rings. The predicted molar refractivity (Wildman–Crippen MR) is 157 cm³/mol. The number of hydrogen-bond acceptors (Lipinski definition) is 6. The molecule has 1 amide bonds. The van der Waals surface area contributed by atoms with Crippen molar-refractivity contribution in [2.75, 3.05) is 31.6 Å². The number of benzene rings is 2. The van der Waals surface area contributed by atoms with Crippen LogP contribution in [-0.2, 0) is 42.9 Å². The Balaban J connectivity index is 1.33. The summed E-state index contributed by atoms with van der Waals surface area (Å²) in [5.74, 6) is 0.441. The second-order valence-electron chi connectivity index (χ2n) is 12.7. The lowest BCUT2D eigenvalue weighted by Gasteiger charge is -2.53. The molecule has 8 nitrogen and oxygen atoms in total. The van der Waals surface area contributed by atoms with Crippen LogP contribution in [-0.4, -0.2) is 64.6 Å². The number of aryl methyl sites for hydroxylation is 1. The molecule has 1 aromatic heterocycles. The normalized spacial score (nSPS) is 26.3. The maximum atomic E-state index is 14.4. The highest BCUT2D eigenvalue weighted by Crippen LogP contribution is 2.56. The van der Waals surface area contributed by atoms with Crippen molar-refractivity contribution < 1.29 is 22.7 Å². The minimum absolute atomic E-state index is 0.00872. The van der Waals surface area contributed by atoms with Gasteiger partial charge >= 0.3 is 6.18 Å². The number of aliphatic imine (C=N–C) groups is 1. The van der Waals surface area contributed by atoms with Crippen LogP contribution in [0.2, 0.25) is 0 Å². The van der Waals surface area contributed by atoms with Crippen LogP contribution in [0.25, 0.3) is 0 Å². The molecule has 0 N–H and O–H groups in total. The first-order chi connectivity index (χ1) is 20.4. The first-order valence-electron chi connectivity index (χ1n) is 14.7. The van der Waals surface area contributed by atoms with Crippen LogP contribution < -0.4 is 4.90 Å². The average molecular weight is 595 g/mol. The van der Waals surface area contributed by atoms with E-state index in [4.69, 9.17) is 4.74 Å². The van der Waals surface area contributed by atoms with Crippen LogP contribution in [0.15, 0.2) is 47.7 Å². The molecule has 3 aliphatic rings. The van der Waals surface area contributed by atoms with Gasteiger partial charge in [-0.05, 0) is 60.7 Å². The Bertz CT molecular complexity index is 1560. The van der Waals surface area contributed by atoms with E-state index >= 15 is 0 Å². The van der Waals surface area contributed by atoms with Gasteiger partial charge in [-0.3, -0.25) is 9.69 Å². The topological polar surface area (TPSA) is 75.8 Å². The van der Waals surface area contributed by atoms with Crippen LogP contribution in [0.4, 0.5) is 18.9 Å². The molecule has 1 aliphatic carbocycles. The Labute approximate surface area is 249 Å². The third kappa shape index (κ3) is 5.60. The number of alkyl halides is 3. The third-order valence-electron chi connectivity index (χ3n) is 9.14. The average Bonchev–Trinajstić information content (AvgIpc) is 3.49. The Kier molecular flexibility index (Phi) is 7.45. The molecule has 228 valence electrons. The van der Waals surface area contributed by atoms with E-state index in [0.29, 0.717) is 43.9 Å². The zero-order valence-corrected chi connectivity index (χ0v) is 25.0. The molecule has 3 aromatic rings. The maximum Gasteiger partial charge on any atom is 0.416 e. The lowest BCUT2D eigenvalue weighted by Crippen LogP contribution is -2.50. The molecule has 1 saturated carbocycles. The van der Waals surface area contributed by atoms with Gasteiger partial charge in [0, 0.05) is 68.4 Å². The fourth-order valence-corrected chi connectivity index (χ4v) is 7.42. The second-order valence-corrected chi connectivity index (χ2v) is 12.7. The molecule has 11 heteroatoms. The Hall–Kier alpha value is -3.57. The van der Waals surface area contributed by atoms with E-state index in [2.05, 4.69) is 27.0 Å². The fraction of sp³-hybridized carbons (Fsp3) is 0.500. The van der Waals surface area contributed by atoms with Gasteiger partial charge in [-0.1, -0.05) is 19.1 Å². The van der Waals surface area contributed by atoms with Crippen LogP contribution in [0.1, 0.15) is 65.1 Å². The van der Waals surface area contributed by atoms with Crippen molar-refractivity contribution in [2.24, 2.45) is 17.5 Å². The third-order valence-corrected chi connectivity index (χ3v) is 9.14. The quantitative estimate of drug-likeness (QED) is 0.352. The number of amides is 1. The summed E-state index contributed by atoms with van der Waals surface area (Å²) >= 11 is 0. The molecule has 6 rings (SSSR count). The van der Waals surface area contributed by atoms with Gasteiger partial charge in [0.1, 0.15) is 12.2 Å². The summed E-state index contributed by atoms with van der Waals surface area (Å²) in [6.45, 7) is 6.12. The molecule has 3 heterocycles. The minimum Gasteiger partial charge on any atom is -0.376 e. The lowest BCUT2D eigenvalue weighted by atomic mass is 9.50. The summed E-state index contributed by atoms with van der Waals surface area (Å²) in [6.07, 6.45) is 1.39. The van der Waals surface area contributed by atoms with Gasteiger partial charge in [0.25, 0.3) is 5.91 Å². The summed E-state index contributed by atoms with van der Waals surface area (Å²) in [7, 11) is 3.68. The molecule has 0 unspecified atom stereocenters. The molecule has 0 bridgehead atoms. The number of hydrogen-bond donors (Lipinski definition) is 0. The first kappa shape index (κ1) is 29.5. The maximum absolute atomic E-state index is 14.4. The largest absolute Gasteiger partial charge is 0.416 e. The summed E-state index contributed by atoms with van der Waals surface area (Å²) in [5.41, 5.74) is 1.16. The van der Waals surface area contributed by atoms with Gasteiger partial charge in [0.2, 0.25) is 0 Å². The van der Waals surface area contributed by atoms with Crippen LogP contribution >= 0.6 is 0 Å². The highest BCUT2D eigenvalue weighted by Gasteiger charge is 2.52. The number of nitrogens with zero attached hydrogens (tertiary/aromatic N) is 6. The van der Waals surface area contributed by atoms with Gasteiger partial charge in [-0.25, -0.2) is 0 Å². The molecule has 2 aromatic carbocycles. The van der Waals surface area contributed by atoms with E-state index in [0.717, 1.165) is 24.2 Å². The Morgan fingerprint density at radius 1 is 1.21 bits per heavy atom. The zero-order valence-electron chi connectivity index (χ0n) is 25.0.